The molecule has 2 aromatic carbocycles. The van der Waals surface area contributed by atoms with Crippen LogP contribution in [0.25, 0.3) is 33.1 Å². The SMILES string of the molecule is C1=CC(N2CCc3nc4cc(-c5ccc6[nH]ccc6c5)ccc4n3CC2)=C1. The number of hydrogen-bond acceptors (Lipinski definition) is 2. The van der Waals surface area contributed by atoms with Crippen LogP contribution in [0.4, 0.5) is 0 Å². The number of hydrogen-bond donors (Lipinski definition) is 1. The van der Waals surface area contributed by atoms with Gasteiger partial charge >= 0.3 is 0 Å². The summed E-state index contributed by atoms with van der Waals surface area (Å²) in [5, 5.41) is 1.24. The van der Waals surface area contributed by atoms with E-state index < -0.39 is 0 Å². The van der Waals surface area contributed by atoms with Crippen molar-refractivity contribution < 1.29 is 0 Å². The van der Waals surface area contributed by atoms with Gasteiger partial charge in [-0.3, -0.25) is 0 Å². The van der Waals surface area contributed by atoms with Crippen LogP contribution < -0.4 is 0 Å². The van der Waals surface area contributed by atoms with Gasteiger partial charge in [0.05, 0.1) is 11.0 Å². The topological polar surface area (TPSA) is 36.9 Å². The third-order valence-electron chi connectivity index (χ3n) is 5.81. The highest BCUT2D eigenvalue weighted by Crippen LogP contribution is 2.29. The summed E-state index contributed by atoms with van der Waals surface area (Å²) in [6.07, 6.45) is 9.48. The molecule has 3 heterocycles. The van der Waals surface area contributed by atoms with Gasteiger partial charge in [0.25, 0.3) is 0 Å². The molecule has 1 aliphatic carbocycles. The zero-order valence-corrected chi connectivity index (χ0v) is 15.0. The van der Waals surface area contributed by atoms with Crippen molar-refractivity contribution in [1.29, 1.82) is 0 Å². The highest BCUT2D eigenvalue weighted by Gasteiger charge is 2.19. The van der Waals surface area contributed by atoms with Gasteiger partial charge in [0.15, 0.2) is 0 Å². The number of allylic oxidation sites excluding steroid dienone is 3. The second-order valence-electron chi connectivity index (χ2n) is 7.35. The molecule has 0 unspecified atom stereocenters. The summed E-state index contributed by atoms with van der Waals surface area (Å²) in [5.41, 5.74) is 7.35. The molecule has 132 valence electrons. The zero-order valence-electron chi connectivity index (χ0n) is 15.0. The third-order valence-corrected chi connectivity index (χ3v) is 5.81. The first-order valence-electron chi connectivity index (χ1n) is 9.55. The number of H-pyrrole nitrogens is 1. The second-order valence-corrected chi connectivity index (χ2v) is 7.35. The highest BCUT2D eigenvalue weighted by atomic mass is 15.2. The molecule has 0 saturated carbocycles. The molecule has 0 spiro atoms. The van der Waals surface area contributed by atoms with Crippen molar-refractivity contribution in [1.82, 2.24) is 19.4 Å². The summed E-state index contributed by atoms with van der Waals surface area (Å²) in [4.78, 5) is 10.7. The van der Waals surface area contributed by atoms with E-state index in [4.69, 9.17) is 4.98 Å². The van der Waals surface area contributed by atoms with Crippen molar-refractivity contribution in [2.45, 2.75) is 13.0 Å². The van der Waals surface area contributed by atoms with Crippen LogP contribution in [-0.4, -0.2) is 32.5 Å². The lowest BCUT2D eigenvalue weighted by Gasteiger charge is -2.25. The number of nitrogens with one attached hydrogen (secondary N) is 1. The molecule has 4 aromatic rings. The van der Waals surface area contributed by atoms with Gasteiger partial charge in [0.2, 0.25) is 0 Å². The first kappa shape index (κ1) is 14.9. The number of benzene rings is 2. The van der Waals surface area contributed by atoms with Gasteiger partial charge in [-0.2, -0.15) is 0 Å². The molecule has 2 aliphatic rings. The second kappa shape index (κ2) is 5.61. The van der Waals surface area contributed by atoms with Gasteiger partial charge < -0.3 is 14.5 Å². The fraction of sp³-hybridized carbons (Fsp3) is 0.174. The Morgan fingerprint density at radius 1 is 0.926 bits per heavy atom. The minimum atomic E-state index is 0.991. The van der Waals surface area contributed by atoms with E-state index in [1.807, 2.05) is 6.20 Å². The molecule has 0 amide bonds. The van der Waals surface area contributed by atoms with E-state index in [9.17, 15) is 0 Å². The summed E-state index contributed by atoms with van der Waals surface area (Å²) in [5.74, 6) is 1.20. The van der Waals surface area contributed by atoms with E-state index in [-0.39, 0.29) is 0 Å². The molecule has 6 rings (SSSR count). The molecule has 0 radical (unpaired) electrons. The van der Waals surface area contributed by atoms with Crippen molar-refractivity contribution in [2.75, 3.05) is 13.1 Å². The fourth-order valence-electron chi connectivity index (χ4n) is 4.25. The largest absolute Gasteiger partial charge is 0.369 e. The molecular weight excluding hydrogens is 332 g/mol. The summed E-state index contributed by atoms with van der Waals surface area (Å²) in [7, 11) is 0. The summed E-state index contributed by atoms with van der Waals surface area (Å²) >= 11 is 0. The van der Waals surface area contributed by atoms with Crippen LogP contribution in [-0.2, 0) is 13.0 Å². The molecule has 2 aromatic heterocycles. The monoisotopic (exact) mass is 352 g/mol. The molecular formula is C23H20N4. The number of imidazole rings is 1. The van der Waals surface area contributed by atoms with E-state index in [2.05, 4.69) is 75.1 Å². The Balaban J connectivity index is 1.37. The van der Waals surface area contributed by atoms with Crippen molar-refractivity contribution in [3.05, 3.63) is 78.4 Å². The van der Waals surface area contributed by atoms with Crippen molar-refractivity contribution >= 4 is 21.9 Å². The smallest absolute Gasteiger partial charge is 0.111 e. The molecule has 0 fully saturated rings. The van der Waals surface area contributed by atoms with Crippen LogP contribution in [0, 0.1) is 0 Å². The Hall–Kier alpha value is -3.27. The van der Waals surface area contributed by atoms with Gasteiger partial charge in [-0.1, -0.05) is 18.2 Å². The standard InChI is InChI=1S/C23H20N4/c1-2-19(3-1)26-11-9-23-25-21-15-17(5-7-22(21)27(23)13-12-26)16-4-6-20-18(14-16)8-10-24-20/h1-8,10,14-15,24H,9,11-13H2. The first-order valence-corrected chi connectivity index (χ1v) is 9.55. The minimum absolute atomic E-state index is 0.991. The van der Waals surface area contributed by atoms with E-state index in [0.29, 0.717) is 0 Å². The predicted molar refractivity (Wildman–Crippen MR) is 110 cm³/mol. The lowest BCUT2D eigenvalue weighted by Crippen LogP contribution is -2.26. The molecule has 4 nitrogen and oxygen atoms in total. The maximum atomic E-state index is 4.98. The van der Waals surface area contributed by atoms with Gasteiger partial charge in [-0.05, 0) is 59.0 Å². The average Bonchev–Trinajstić information content (AvgIpc) is 3.20. The van der Waals surface area contributed by atoms with Crippen molar-refractivity contribution in [3.8, 4) is 11.1 Å². The normalized spacial score (nSPS) is 16.3. The van der Waals surface area contributed by atoms with Crippen LogP contribution in [0.5, 0.6) is 0 Å². The molecule has 4 heteroatoms. The van der Waals surface area contributed by atoms with Crippen molar-refractivity contribution in [2.24, 2.45) is 0 Å². The van der Waals surface area contributed by atoms with E-state index in [1.54, 1.807) is 0 Å². The minimum Gasteiger partial charge on any atom is -0.369 e. The van der Waals surface area contributed by atoms with Crippen LogP contribution in [0.3, 0.4) is 0 Å². The maximum absolute atomic E-state index is 4.98. The maximum Gasteiger partial charge on any atom is 0.111 e. The summed E-state index contributed by atoms with van der Waals surface area (Å²) < 4.78 is 2.40. The Bertz CT molecular complexity index is 1240. The zero-order chi connectivity index (χ0) is 17.8. The van der Waals surface area contributed by atoms with Crippen molar-refractivity contribution in [3.63, 3.8) is 0 Å². The molecule has 27 heavy (non-hydrogen) atoms. The lowest BCUT2D eigenvalue weighted by atomic mass is 10.0. The van der Waals surface area contributed by atoms with E-state index in [1.165, 1.54) is 39.1 Å². The third kappa shape index (κ3) is 2.33. The molecule has 0 bridgehead atoms. The quantitative estimate of drug-likeness (QED) is 0.577. The molecule has 0 saturated heterocycles. The lowest BCUT2D eigenvalue weighted by molar-refractivity contribution is 0.359. The van der Waals surface area contributed by atoms with Crippen LogP contribution in [0.1, 0.15) is 5.82 Å². The number of fused-ring (bicyclic) bond motifs is 4. The average molecular weight is 352 g/mol. The van der Waals surface area contributed by atoms with Crippen LogP contribution in [0.2, 0.25) is 0 Å². The summed E-state index contributed by atoms with van der Waals surface area (Å²) in [6, 6.07) is 15.4. The Labute approximate surface area is 157 Å². The number of aromatic amines is 1. The summed E-state index contributed by atoms with van der Waals surface area (Å²) in [6.45, 7) is 3.07. The number of nitrogens with zero attached hydrogens (tertiary/aromatic N) is 3. The van der Waals surface area contributed by atoms with Gasteiger partial charge in [-0.25, -0.2) is 4.98 Å². The molecule has 1 N–H and O–H groups in total. The fourth-order valence-corrected chi connectivity index (χ4v) is 4.25. The first-order chi connectivity index (χ1) is 13.3. The Morgan fingerprint density at radius 3 is 2.70 bits per heavy atom. The van der Waals surface area contributed by atoms with E-state index >= 15 is 0 Å². The Kier molecular flexibility index (Phi) is 3.09. The van der Waals surface area contributed by atoms with Gasteiger partial charge in [0, 0.05) is 43.5 Å². The van der Waals surface area contributed by atoms with Gasteiger partial charge in [-0.15, -0.1) is 0 Å². The van der Waals surface area contributed by atoms with Crippen LogP contribution in [0.15, 0.2) is 72.6 Å². The Morgan fingerprint density at radius 2 is 1.81 bits per heavy atom. The van der Waals surface area contributed by atoms with Gasteiger partial charge in [0.1, 0.15) is 5.82 Å². The number of rotatable bonds is 2. The molecule has 0 atom stereocenters. The molecule has 1 aliphatic heterocycles. The van der Waals surface area contributed by atoms with E-state index in [0.717, 1.165) is 31.6 Å². The number of aromatic nitrogens is 3. The predicted octanol–water partition coefficient (Wildman–Crippen LogP) is 4.50. The highest BCUT2D eigenvalue weighted by molar-refractivity contribution is 5.88. The van der Waals surface area contributed by atoms with Crippen LogP contribution >= 0.6 is 0 Å².